The molecule has 3 rings (SSSR count). The van der Waals surface area contributed by atoms with Crippen molar-refractivity contribution in [2.24, 2.45) is 0 Å². The van der Waals surface area contributed by atoms with Crippen molar-refractivity contribution in [1.29, 1.82) is 0 Å². The van der Waals surface area contributed by atoms with Gasteiger partial charge in [-0.05, 0) is 49.0 Å². The molecule has 21 heavy (non-hydrogen) atoms. The van der Waals surface area contributed by atoms with Crippen LogP contribution in [0.4, 0.5) is 0 Å². The van der Waals surface area contributed by atoms with Crippen LogP contribution in [0.25, 0.3) is 0 Å². The zero-order chi connectivity index (χ0) is 14.7. The maximum atomic E-state index is 11.7. The predicted molar refractivity (Wildman–Crippen MR) is 81.8 cm³/mol. The summed E-state index contributed by atoms with van der Waals surface area (Å²) in [5.74, 6) is -0.473. The van der Waals surface area contributed by atoms with E-state index in [9.17, 15) is 9.90 Å². The number of carboxylic acids is 1. The van der Waals surface area contributed by atoms with E-state index in [2.05, 4.69) is 5.32 Å². The average molecular weight is 284 g/mol. The minimum Gasteiger partial charge on any atom is -0.477 e. The Morgan fingerprint density at radius 3 is 2.57 bits per heavy atom. The summed E-state index contributed by atoms with van der Waals surface area (Å²) in [4.78, 5) is 11.7. The molecule has 2 aromatic rings. The van der Waals surface area contributed by atoms with E-state index in [1.807, 2.05) is 47.2 Å². The zero-order valence-corrected chi connectivity index (χ0v) is 12.0. The van der Waals surface area contributed by atoms with Crippen LogP contribution in [0.5, 0.6) is 0 Å². The topological polar surface area (TPSA) is 54.3 Å². The van der Waals surface area contributed by atoms with E-state index >= 15 is 0 Å². The molecule has 0 amide bonds. The van der Waals surface area contributed by atoms with Gasteiger partial charge in [0.1, 0.15) is 5.69 Å². The number of aromatic nitrogens is 1. The summed E-state index contributed by atoms with van der Waals surface area (Å²) in [5.41, 5.74) is 2.55. The molecule has 0 unspecified atom stereocenters. The molecular weight excluding hydrogens is 264 g/mol. The second kappa shape index (κ2) is 6.14. The van der Waals surface area contributed by atoms with E-state index in [-0.39, 0.29) is 0 Å². The van der Waals surface area contributed by atoms with Crippen molar-refractivity contribution in [3.05, 3.63) is 59.4 Å². The van der Waals surface area contributed by atoms with Crippen molar-refractivity contribution < 1.29 is 9.90 Å². The number of nitrogens with one attached hydrogen (secondary N) is 1. The molecule has 110 valence electrons. The molecule has 4 nitrogen and oxygen atoms in total. The molecule has 1 saturated heterocycles. The highest BCUT2D eigenvalue weighted by molar-refractivity contribution is 5.88. The number of carboxylic acid groups (broad SMARTS) is 1. The lowest BCUT2D eigenvalue weighted by Crippen LogP contribution is -2.27. The Morgan fingerprint density at radius 1 is 1.19 bits per heavy atom. The van der Waals surface area contributed by atoms with E-state index in [1.54, 1.807) is 0 Å². The number of aromatic carboxylic acids is 1. The number of carbonyl (C=O) groups is 1. The second-order valence-electron chi connectivity index (χ2n) is 5.56. The first-order valence-corrected chi connectivity index (χ1v) is 7.42. The van der Waals surface area contributed by atoms with Gasteiger partial charge in [0.2, 0.25) is 0 Å². The van der Waals surface area contributed by atoms with Crippen LogP contribution < -0.4 is 5.32 Å². The molecular formula is C17H20N2O2. The summed E-state index contributed by atoms with van der Waals surface area (Å²) in [6.07, 6.45) is 3.93. The third-order valence-corrected chi connectivity index (χ3v) is 4.17. The first-order valence-electron chi connectivity index (χ1n) is 7.42. The van der Waals surface area contributed by atoms with Crippen molar-refractivity contribution in [2.75, 3.05) is 13.1 Å². The fraction of sp³-hybridized carbons (Fsp3) is 0.353. The largest absolute Gasteiger partial charge is 0.477 e. The lowest BCUT2D eigenvalue weighted by atomic mass is 9.90. The number of rotatable bonds is 4. The summed E-state index contributed by atoms with van der Waals surface area (Å²) < 4.78 is 1.86. The number of benzene rings is 1. The molecule has 1 aromatic carbocycles. The maximum Gasteiger partial charge on any atom is 0.352 e. The highest BCUT2D eigenvalue weighted by Crippen LogP contribution is 2.29. The summed E-state index contributed by atoms with van der Waals surface area (Å²) in [6, 6.07) is 12.0. The van der Waals surface area contributed by atoms with E-state index < -0.39 is 5.97 Å². The highest BCUT2D eigenvalue weighted by Gasteiger charge is 2.24. The molecule has 0 atom stereocenters. The van der Waals surface area contributed by atoms with Crippen molar-refractivity contribution in [1.82, 2.24) is 9.88 Å². The summed E-state index contributed by atoms with van der Waals surface area (Å²) in [7, 11) is 0. The minimum atomic E-state index is -0.829. The SMILES string of the molecule is O=C(O)c1c(C2CCNCC2)ccn1Cc1ccccc1. The first-order chi connectivity index (χ1) is 10.3. The normalized spacial score (nSPS) is 16.0. The third-order valence-electron chi connectivity index (χ3n) is 4.17. The minimum absolute atomic E-state index is 0.356. The summed E-state index contributed by atoms with van der Waals surface area (Å²) >= 11 is 0. The van der Waals surface area contributed by atoms with Gasteiger partial charge < -0.3 is 15.0 Å². The predicted octanol–water partition coefficient (Wildman–Crippen LogP) is 2.70. The van der Waals surface area contributed by atoms with Gasteiger partial charge in [0.15, 0.2) is 0 Å². The smallest absolute Gasteiger partial charge is 0.352 e. The third kappa shape index (κ3) is 3.00. The van der Waals surface area contributed by atoms with Crippen LogP contribution in [0.15, 0.2) is 42.6 Å². The lowest BCUT2D eigenvalue weighted by Gasteiger charge is -2.23. The Morgan fingerprint density at radius 2 is 1.90 bits per heavy atom. The van der Waals surface area contributed by atoms with Crippen molar-refractivity contribution in [3.8, 4) is 0 Å². The molecule has 0 bridgehead atoms. The zero-order valence-electron chi connectivity index (χ0n) is 12.0. The van der Waals surface area contributed by atoms with Gasteiger partial charge in [-0.15, -0.1) is 0 Å². The number of piperidine rings is 1. The van der Waals surface area contributed by atoms with Crippen LogP contribution in [0, 0.1) is 0 Å². The Labute approximate surface area is 124 Å². The van der Waals surface area contributed by atoms with Gasteiger partial charge in [-0.3, -0.25) is 0 Å². The Bertz CT molecular complexity index is 613. The quantitative estimate of drug-likeness (QED) is 0.907. The van der Waals surface area contributed by atoms with Gasteiger partial charge in [0, 0.05) is 12.7 Å². The number of hydrogen-bond acceptors (Lipinski definition) is 2. The van der Waals surface area contributed by atoms with Gasteiger partial charge in [-0.2, -0.15) is 0 Å². The summed E-state index contributed by atoms with van der Waals surface area (Å²) in [6.45, 7) is 2.54. The van der Waals surface area contributed by atoms with Crippen LogP contribution in [0.1, 0.15) is 40.4 Å². The lowest BCUT2D eigenvalue weighted by molar-refractivity contribution is 0.0683. The van der Waals surface area contributed by atoms with E-state index in [1.165, 1.54) is 0 Å². The van der Waals surface area contributed by atoms with Crippen LogP contribution in [-0.2, 0) is 6.54 Å². The first kappa shape index (κ1) is 13.9. The molecule has 1 aliphatic rings. The van der Waals surface area contributed by atoms with Gasteiger partial charge in [0.05, 0.1) is 0 Å². The summed E-state index contributed by atoms with van der Waals surface area (Å²) in [5, 5.41) is 12.9. The number of hydrogen-bond donors (Lipinski definition) is 2. The highest BCUT2D eigenvalue weighted by atomic mass is 16.4. The molecule has 0 radical (unpaired) electrons. The van der Waals surface area contributed by atoms with Crippen LogP contribution in [0.3, 0.4) is 0 Å². The van der Waals surface area contributed by atoms with Gasteiger partial charge >= 0.3 is 5.97 Å². The molecule has 0 saturated carbocycles. The maximum absolute atomic E-state index is 11.7. The van der Waals surface area contributed by atoms with Crippen LogP contribution in [0.2, 0.25) is 0 Å². The Hall–Kier alpha value is -2.07. The fourth-order valence-corrected chi connectivity index (χ4v) is 3.11. The van der Waals surface area contributed by atoms with Crippen molar-refractivity contribution in [3.63, 3.8) is 0 Å². The van der Waals surface area contributed by atoms with E-state index in [4.69, 9.17) is 0 Å². The van der Waals surface area contributed by atoms with Gasteiger partial charge in [0.25, 0.3) is 0 Å². The fourth-order valence-electron chi connectivity index (χ4n) is 3.11. The average Bonchev–Trinajstić information content (AvgIpc) is 2.93. The van der Waals surface area contributed by atoms with Crippen LogP contribution in [-0.4, -0.2) is 28.7 Å². The standard InChI is InChI=1S/C17H20N2O2/c20-17(21)16-15(14-6-9-18-10-7-14)8-11-19(16)12-13-4-2-1-3-5-13/h1-5,8,11,14,18H,6-7,9-10,12H2,(H,20,21). The molecule has 4 heteroatoms. The molecule has 1 aliphatic heterocycles. The van der Waals surface area contributed by atoms with Crippen LogP contribution >= 0.6 is 0 Å². The van der Waals surface area contributed by atoms with Gasteiger partial charge in [-0.1, -0.05) is 30.3 Å². The molecule has 0 aliphatic carbocycles. The molecule has 1 aromatic heterocycles. The number of nitrogens with zero attached hydrogens (tertiary/aromatic N) is 1. The molecule has 2 heterocycles. The van der Waals surface area contributed by atoms with Crippen molar-refractivity contribution >= 4 is 5.97 Å². The van der Waals surface area contributed by atoms with E-state index in [0.29, 0.717) is 18.2 Å². The van der Waals surface area contributed by atoms with Crippen molar-refractivity contribution in [2.45, 2.75) is 25.3 Å². The monoisotopic (exact) mass is 284 g/mol. The molecule has 0 spiro atoms. The van der Waals surface area contributed by atoms with Gasteiger partial charge in [-0.25, -0.2) is 4.79 Å². The second-order valence-corrected chi connectivity index (χ2v) is 5.56. The van der Waals surface area contributed by atoms with E-state index in [0.717, 1.165) is 37.1 Å². The Kier molecular flexibility index (Phi) is 4.06. The molecule has 2 N–H and O–H groups in total. The molecule has 1 fully saturated rings. The Balaban J connectivity index is 1.90.